The van der Waals surface area contributed by atoms with E-state index in [1.807, 2.05) is 36.5 Å². The summed E-state index contributed by atoms with van der Waals surface area (Å²) in [6.07, 6.45) is 12.7. The van der Waals surface area contributed by atoms with Crippen molar-refractivity contribution in [2.45, 2.75) is 76.0 Å². The number of fused-ring (bicyclic) bond motifs is 1. The van der Waals surface area contributed by atoms with Crippen LogP contribution >= 0.6 is 0 Å². The van der Waals surface area contributed by atoms with Gasteiger partial charge in [-0.25, -0.2) is 9.50 Å². The lowest BCUT2D eigenvalue weighted by Gasteiger charge is -2.36. The van der Waals surface area contributed by atoms with Gasteiger partial charge < -0.3 is 21.7 Å². The van der Waals surface area contributed by atoms with Gasteiger partial charge in [-0.15, -0.1) is 5.10 Å². The smallest absolute Gasteiger partial charge is 0.251 e. The van der Waals surface area contributed by atoms with Crippen LogP contribution in [0.2, 0.25) is 0 Å². The van der Waals surface area contributed by atoms with Gasteiger partial charge in [0.05, 0.1) is 5.69 Å². The van der Waals surface area contributed by atoms with Gasteiger partial charge in [-0.3, -0.25) is 19.4 Å². The fourth-order valence-electron chi connectivity index (χ4n) is 6.54. The Hall–Kier alpha value is -3.54. The first-order valence-electron chi connectivity index (χ1n) is 15.6. The van der Waals surface area contributed by atoms with Crippen LogP contribution in [0.1, 0.15) is 68.1 Å². The highest BCUT2D eigenvalue weighted by Crippen LogP contribution is 2.26. The topological polar surface area (TPSA) is 133 Å². The molecular formula is C31H43N9O2. The van der Waals surface area contributed by atoms with E-state index in [9.17, 15) is 9.59 Å². The summed E-state index contributed by atoms with van der Waals surface area (Å²) in [6.45, 7) is 4.23. The number of hydrogen-bond acceptors (Lipinski definition) is 9. The maximum atomic E-state index is 12.8. The predicted molar refractivity (Wildman–Crippen MR) is 164 cm³/mol. The standard InChI is InChI=1S/C31H43N9O2/c32-23-7-11-25(12-8-23)36-28-21-26(29-33-15-20-40(29)37-28)35-24-9-5-22(6-10-24)30(42)34-14-4-18-39-19-13-27(41)31(39)38-16-2-1-3-17-38/h5-6,9-10,15,20-21,23,25,31,35H,1-4,7-8,11-14,16-19,32H2,(H,34,42)(H,36,37). The Morgan fingerprint density at radius 3 is 2.60 bits per heavy atom. The first-order chi connectivity index (χ1) is 20.5. The number of benzene rings is 1. The average Bonchev–Trinajstić information content (AvgIpc) is 3.64. The maximum absolute atomic E-state index is 12.8. The van der Waals surface area contributed by atoms with E-state index in [2.05, 4.69) is 35.8 Å². The van der Waals surface area contributed by atoms with Gasteiger partial charge >= 0.3 is 0 Å². The molecule has 3 aromatic rings. The van der Waals surface area contributed by atoms with Gasteiger partial charge in [0.25, 0.3) is 5.91 Å². The van der Waals surface area contributed by atoms with Crippen LogP contribution < -0.4 is 21.7 Å². The van der Waals surface area contributed by atoms with E-state index >= 15 is 0 Å². The summed E-state index contributed by atoms with van der Waals surface area (Å²) in [4.78, 5) is 34.5. The monoisotopic (exact) mass is 573 g/mol. The fourth-order valence-corrected chi connectivity index (χ4v) is 6.54. The molecule has 3 fully saturated rings. The number of Topliss-reactive ketones (excluding diaryl/α,β-unsaturated/α-hetero) is 1. The van der Waals surface area contributed by atoms with Gasteiger partial charge in [0.15, 0.2) is 11.4 Å². The van der Waals surface area contributed by atoms with Gasteiger partial charge in [-0.05, 0) is 69.2 Å². The van der Waals surface area contributed by atoms with Gasteiger partial charge in [0, 0.05) is 80.9 Å². The molecule has 42 heavy (non-hydrogen) atoms. The number of anilines is 3. The Kier molecular flexibility index (Phi) is 8.97. The minimum atomic E-state index is -0.0927. The first kappa shape index (κ1) is 28.6. The van der Waals surface area contributed by atoms with Gasteiger partial charge in [-0.1, -0.05) is 6.42 Å². The summed E-state index contributed by atoms with van der Waals surface area (Å²) in [5.41, 5.74) is 9.12. The lowest BCUT2D eigenvalue weighted by atomic mass is 9.92. The summed E-state index contributed by atoms with van der Waals surface area (Å²) in [5, 5.41) is 14.7. The maximum Gasteiger partial charge on any atom is 0.251 e. The van der Waals surface area contributed by atoms with Crippen molar-refractivity contribution in [1.29, 1.82) is 0 Å². The molecule has 1 saturated carbocycles. The number of carbonyl (C=O) groups is 2. The zero-order chi connectivity index (χ0) is 28.9. The normalized spacial score (nSPS) is 23.7. The van der Waals surface area contributed by atoms with Crippen molar-refractivity contribution in [1.82, 2.24) is 29.7 Å². The fraction of sp³-hybridized carbons (Fsp3) is 0.548. The number of aromatic nitrogens is 3. The van der Waals surface area contributed by atoms with Crippen molar-refractivity contribution in [3.63, 3.8) is 0 Å². The highest BCUT2D eigenvalue weighted by molar-refractivity contribution is 5.94. The third kappa shape index (κ3) is 6.74. The van der Waals surface area contributed by atoms with E-state index in [-0.39, 0.29) is 12.1 Å². The van der Waals surface area contributed by atoms with E-state index in [1.54, 1.807) is 10.7 Å². The zero-order valence-electron chi connectivity index (χ0n) is 24.3. The highest BCUT2D eigenvalue weighted by atomic mass is 16.1. The number of nitrogens with two attached hydrogens (primary N) is 1. The molecule has 0 spiro atoms. The third-order valence-electron chi connectivity index (χ3n) is 8.83. The van der Waals surface area contributed by atoms with Crippen LogP contribution in [0, 0.1) is 0 Å². The van der Waals surface area contributed by atoms with E-state index in [0.717, 1.165) is 81.1 Å². The lowest BCUT2D eigenvalue weighted by Crippen LogP contribution is -2.50. The third-order valence-corrected chi connectivity index (χ3v) is 8.83. The van der Waals surface area contributed by atoms with Crippen molar-refractivity contribution in [2.75, 3.05) is 43.4 Å². The number of rotatable bonds is 10. The molecule has 2 saturated heterocycles. The van der Waals surface area contributed by atoms with Crippen LogP contribution in [0.15, 0.2) is 42.7 Å². The molecule has 2 aliphatic heterocycles. The van der Waals surface area contributed by atoms with E-state index in [4.69, 9.17) is 5.73 Å². The van der Waals surface area contributed by atoms with E-state index < -0.39 is 0 Å². The summed E-state index contributed by atoms with van der Waals surface area (Å²) in [6, 6.07) is 10.1. The Labute approximate surface area is 247 Å². The van der Waals surface area contributed by atoms with Crippen LogP contribution in [0.25, 0.3) is 5.65 Å². The second kappa shape index (κ2) is 13.2. The Bertz CT molecular complexity index is 1360. The van der Waals surface area contributed by atoms with Crippen LogP contribution in [-0.2, 0) is 4.79 Å². The number of imidazole rings is 1. The number of hydrogen-bond donors (Lipinski definition) is 4. The minimum absolute atomic E-state index is 0.0670. The molecule has 0 bridgehead atoms. The summed E-state index contributed by atoms with van der Waals surface area (Å²) < 4.78 is 1.77. The largest absolute Gasteiger partial charge is 0.366 e. The van der Waals surface area contributed by atoms with Gasteiger partial charge in [0.2, 0.25) is 0 Å². The lowest BCUT2D eigenvalue weighted by molar-refractivity contribution is -0.125. The second-order valence-electron chi connectivity index (χ2n) is 11.9. The molecule has 1 unspecified atom stereocenters. The van der Waals surface area contributed by atoms with E-state index in [0.29, 0.717) is 36.4 Å². The number of amides is 1. The van der Waals surface area contributed by atoms with Gasteiger partial charge in [-0.2, -0.15) is 0 Å². The first-order valence-corrected chi connectivity index (χ1v) is 15.6. The van der Waals surface area contributed by atoms with Crippen molar-refractivity contribution in [3.05, 3.63) is 48.3 Å². The number of nitrogens with one attached hydrogen (secondary N) is 3. The highest BCUT2D eigenvalue weighted by Gasteiger charge is 2.36. The van der Waals surface area contributed by atoms with Gasteiger partial charge in [0.1, 0.15) is 12.0 Å². The average molecular weight is 574 g/mol. The number of nitrogens with zero attached hydrogens (tertiary/aromatic N) is 5. The molecule has 3 aliphatic rings. The summed E-state index contributed by atoms with van der Waals surface area (Å²) in [7, 11) is 0. The molecule has 1 aromatic carbocycles. The number of likely N-dealkylation sites (tertiary alicyclic amines) is 2. The molecule has 11 heteroatoms. The summed E-state index contributed by atoms with van der Waals surface area (Å²) in [5.74, 6) is 1.04. The molecule has 1 aliphatic carbocycles. The molecule has 5 N–H and O–H groups in total. The van der Waals surface area contributed by atoms with Crippen molar-refractivity contribution < 1.29 is 9.59 Å². The molecule has 6 rings (SSSR count). The second-order valence-corrected chi connectivity index (χ2v) is 11.9. The van der Waals surface area contributed by atoms with Crippen LogP contribution in [-0.4, -0.2) is 87.1 Å². The Balaban J connectivity index is 1.01. The molecule has 2 aromatic heterocycles. The molecule has 1 amide bonds. The predicted octanol–water partition coefficient (Wildman–Crippen LogP) is 3.36. The zero-order valence-corrected chi connectivity index (χ0v) is 24.3. The quantitative estimate of drug-likeness (QED) is 0.270. The molecule has 0 radical (unpaired) electrons. The SMILES string of the molecule is NC1CCC(Nc2cc(Nc3ccc(C(=O)NCCCN4CCC(=O)C4N4CCCCC4)cc3)c3nccn3n2)CC1. The van der Waals surface area contributed by atoms with Crippen LogP contribution in [0.3, 0.4) is 0 Å². The molecule has 224 valence electrons. The number of carbonyl (C=O) groups excluding carboxylic acids is 2. The Morgan fingerprint density at radius 2 is 1.81 bits per heavy atom. The minimum Gasteiger partial charge on any atom is -0.366 e. The molecule has 11 nitrogen and oxygen atoms in total. The molecule has 4 heterocycles. The van der Waals surface area contributed by atoms with Crippen molar-refractivity contribution >= 4 is 34.5 Å². The Morgan fingerprint density at radius 1 is 1.02 bits per heavy atom. The number of piperidine rings is 1. The van der Waals surface area contributed by atoms with E-state index in [1.165, 1.54) is 19.3 Å². The van der Waals surface area contributed by atoms with Crippen LogP contribution in [0.5, 0.6) is 0 Å². The molecule has 1 atom stereocenters. The number of ketones is 1. The summed E-state index contributed by atoms with van der Waals surface area (Å²) >= 11 is 0. The van der Waals surface area contributed by atoms with Crippen molar-refractivity contribution in [3.8, 4) is 0 Å². The molecular weight excluding hydrogens is 530 g/mol. The van der Waals surface area contributed by atoms with Crippen LogP contribution in [0.4, 0.5) is 17.2 Å². The van der Waals surface area contributed by atoms with Crippen molar-refractivity contribution in [2.24, 2.45) is 5.73 Å².